The maximum absolute atomic E-state index is 13.7. The van der Waals surface area contributed by atoms with Gasteiger partial charge in [-0.3, -0.25) is 4.79 Å². The predicted octanol–water partition coefficient (Wildman–Crippen LogP) is 6.03. The molecule has 6 rings (SSSR count). The van der Waals surface area contributed by atoms with Gasteiger partial charge in [0.15, 0.2) is 0 Å². The number of carbonyl (C=O) groups excluding carboxylic acids is 1. The van der Waals surface area contributed by atoms with E-state index in [0.29, 0.717) is 30.2 Å². The van der Waals surface area contributed by atoms with Gasteiger partial charge in [0.05, 0.1) is 21.3 Å². The molecule has 1 aliphatic heterocycles. The zero-order valence-corrected chi connectivity index (χ0v) is 23.4. The Morgan fingerprint density at radius 1 is 0.950 bits per heavy atom. The normalized spacial score (nSPS) is 13.9. The summed E-state index contributed by atoms with van der Waals surface area (Å²) in [6, 6.07) is 29.4. The molecule has 0 atom stereocenters. The molecule has 1 amide bonds. The van der Waals surface area contributed by atoms with Gasteiger partial charge < -0.3 is 0 Å². The molecule has 2 heterocycles. The van der Waals surface area contributed by atoms with E-state index in [-0.39, 0.29) is 4.90 Å². The molecule has 40 heavy (non-hydrogen) atoms. The first-order valence-corrected chi connectivity index (χ1v) is 15.1. The summed E-state index contributed by atoms with van der Waals surface area (Å²) in [7, 11) is -3.72. The van der Waals surface area contributed by atoms with E-state index in [1.165, 1.54) is 50.5 Å². The first-order valence-electron chi connectivity index (χ1n) is 12.9. The maximum atomic E-state index is 13.7. The zero-order chi connectivity index (χ0) is 27.7. The van der Waals surface area contributed by atoms with Crippen molar-refractivity contribution >= 4 is 48.8 Å². The van der Waals surface area contributed by atoms with E-state index in [1.807, 2.05) is 79.7 Å². The van der Waals surface area contributed by atoms with E-state index >= 15 is 0 Å². The van der Waals surface area contributed by atoms with Gasteiger partial charge in [0.25, 0.3) is 5.91 Å². The number of fused-ring (bicyclic) bond motifs is 2. The molecule has 200 valence electrons. The highest BCUT2D eigenvalue weighted by molar-refractivity contribution is 7.89. The minimum Gasteiger partial charge on any atom is -0.267 e. The summed E-state index contributed by atoms with van der Waals surface area (Å²) >= 11 is 1.38. The molecule has 0 bridgehead atoms. The third kappa shape index (κ3) is 5.19. The fourth-order valence-corrected chi connectivity index (χ4v) is 7.12. The first kappa shape index (κ1) is 26.1. The number of aromatic nitrogens is 1. The summed E-state index contributed by atoms with van der Waals surface area (Å²) in [6.45, 7) is 2.75. The number of nitrogens with zero attached hydrogens (tertiary/aromatic N) is 4. The van der Waals surface area contributed by atoms with Gasteiger partial charge >= 0.3 is 0 Å². The molecule has 1 aliphatic rings. The highest BCUT2D eigenvalue weighted by Crippen LogP contribution is 2.31. The number of carbonyl (C=O) groups is 1. The summed E-state index contributed by atoms with van der Waals surface area (Å²) < 4.78 is 29.3. The van der Waals surface area contributed by atoms with Gasteiger partial charge in [-0.1, -0.05) is 72.0 Å². The summed E-state index contributed by atoms with van der Waals surface area (Å²) in [5.41, 5.74) is 5.22. The number of hydrazone groups is 1. The lowest BCUT2D eigenvalue weighted by atomic mass is 10.0. The van der Waals surface area contributed by atoms with Gasteiger partial charge in [0.1, 0.15) is 0 Å². The lowest BCUT2D eigenvalue weighted by Gasteiger charge is -2.28. The molecule has 0 aliphatic carbocycles. The third-order valence-corrected chi connectivity index (χ3v) is 9.72. The van der Waals surface area contributed by atoms with Gasteiger partial charge in [0, 0.05) is 18.7 Å². The zero-order valence-electron chi connectivity index (χ0n) is 21.8. The molecule has 9 heteroatoms. The Morgan fingerprint density at radius 3 is 2.45 bits per heavy atom. The van der Waals surface area contributed by atoms with Crippen molar-refractivity contribution in [2.24, 2.45) is 5.10 Å². The van der Waals surface area contributed by atoms with Crippen molar-refractivity contribution in [1.29, 1.82) is 0 Å². The van der Waals surface area contributed by atoms with Crippen molar-refractivity contribution in [3.63, 3.8) is 0 Å². The number of anilines is 1. The Kier molecular flexibility index (Phi) is 7.02. The van der Waals surface area contributed by atoms with Crippen LogP contribution in [0.4, 0.5) is 5.13 Å². The average Bonchev–Trinajstić information content (AvgIpc) is 3.40. The van der Waals surface area contributed by atoms with Crippen molar-refractivity contribution in [3.8, 4) is 0 Å². The number of hydrogen-bond donors (Lipinski definition) is 0. The van der Waals surface area contributed by atoms with Crippen molar-refractivity contribution < 1.29 is 13.2 Å². The van der Waals surface area contributed by atoms with Crippen LogP contribution < -0.4 is 5.01 Å². The van der Waals surface area contributed by atoms with E-state index in [2.05, 4.69) is 10.1 Å². The topological polar surface area (TPSA) is 82.9 Å². The largest absolute Gasteiger partial charge is 0.280 e. The number of aryl methyl sites for hydroxylation is 1. The molecule has 1 aromatic heterocycles. The maximum Gasteiger partial charge on any atom is 0.280 e. The highest BCUT2D eigenvalue weighted by Gasteiger charge is 2.29. The van der Waals surface area contributed by atoms with Crippen LogP contribution in [0, 0.1) is 6.92 Å². The Labute approximate surface area is 237 Å². The monoisotopic (exact) mass is 566 g/mol. The molecule has 0 spiro atoms. The van der Waals surface area contributed by atoms with Crippen molar-refractivity contribution in [2.75, 3.05) is 11.6 Å². The highest BCUT2D eigenvalue weighted by atomic mass is 32.2. The minimum atomic E-state index is -3.72. The summed E-state index contributed by atoms with van der Waals surface area (Å²) in [4.78, 5) is 18.5. The smallest absolute Gasteiger partial charge is 0.267 e. The van der Waals surface area contributed by atoms with Gasteiger partial charge in [-0.15, -0.1) is 0 Å². The summed E-state index contributed by atoms with van der Waals surface area (Å²) in [5.74, 6) is -0.404. The van der Waals surface area contributed by atoms with Crippen molar-refractivity contribution in [1.82, 2.24) is 9.29 Å². The SMILES string of the molecule is Cc1ccc2nc(N(/N=C/c3ccccc3)C(=O)c3ccc(S(=O)(=O)N4CCc5ccccc5C4)cc3)sc2c1. The summed E-state index contributed by atoms with van der Waals surface area (Å²) in [5, 5.41) is 6.21. The van der Waals surface area contributed by atoms with Crippen LogP contribution in [-0.4, -0.2) is 36.4 Å². The molecule has 0 radical (unpaired) electrons. The number of hydrogen-bond acceptors (Lipinski definition) is 6. The van der Waals surface area contributed by atoms with Crippen LogP contribution in [0.25, 0.3) is 10.2 Å². The second-order valence-electron chi connectivity index (χ2n) is 9.62. The number of amides is 1. The third-order valence-electron chi connectivity index (χ3n) is 6.86. The van der Waals surface area contributed by atoms with Crippen LogP contribution in [0.2, 0.25) is 0 Å². The van der Waals surface area contributed by atoms with Crippen molar-refractivity contribution in [3.05, 3.63) is 125 Å². The molecular weight excluding hydrogens is 541 g/mol. The molecule has 0 fully saturated rings. The Morgan fingerprint density at radius 2 is 1.68 bits per heavy atom. The number of sulfonamides is 1. The lowest BCUT2D eigenvalue weighted by molar-refractivity contribution is 0.0987. The molecule has 0 saturated heterocycles. The van der Waals surface area contributed by atoms with Crippen LogP contribution in [0.3, 0.4) is 0 Å². The molecule has 4 aromatic carbocycles. The van der Waals surface area contributed by atoms with E-state index in [1.54, 1.807) is 6.21 Å². The molecule has 5 aromatic rings. The standard InChI is InChI=1S/C31H26N4O3S2/c1-22-11-16-28-29(19-22)39-31(33-28)35(32-20-23-7-3-2-4-8-23)30(36)25-12-14-27(15-13-25)40(37,38)34-18-17-24-9-5-6-10-26(24)21-34/h2-16,19-20H,17-18,21H2,1H3/b32-20+. The number of rotatable bonds is 6. The van der Waals surface area contributed by atoms with Crippen LogP contribution in [0.15, 0.2) is 107 Å². The molecule has 0 N–H and O–H groups in total. The predicted molar refractivity (Wildman–Crippen MR) is 159 cm³/mol. The van der Waals surface area contributed by atoms with Crippen LogP contribution in [-0.2, 0) is 23.0 Å². The summed E-state index contributed by atoms with van der Waals surface area (Å²) in [6.07, 6.45) is 2.28. The van der Waals surface area contributed by atoms with Gasteiger partial charge in [-0.05, 0) is 72.0 Å². The molecule has 7 nitrogen and oxygen atoms in total. The van der Waals surface area contributed by atoms with Crippen LogP contribution >= 0.6 is 11.3 Å². The fraction of sp³-hybridized carbons (Fsp3) is 0.129. The number of benzene rings is 4. The minimum absolute atomic E-state index is 0.151. The lowest BCUT2D eigenvalue weighted by Crippen LogP contribution is -2.36. The van der Waals surface area contributed by atoms with Crippen LogP contribution in [0.5, 0.6) is 0 Å². The Balaban J connectivity index is 1.30. The van der Waals surface area contributed by atoms with Gasteiger partial charge in [-0.2, -0.15) is 14.4 Å². The Bertz CT molecular complexity index is 1830. The van der Waals surface area contributed by atoms with E-state index in [4.69, 9.17) is 0 Å². The molecular formula is C31H26N4O3S2. The van der Waals surface area contributed by atoms with E-state index < -0.39 is 15.9 Å². The Hall–Kier alpha value is -4.18. The van der Waals surface area contributed by atoms with Gasteiger partial charge in [0.2, 0.25) is 15.2 Å². The molecule has 0 unspecified atom stereocenters. The van der Waals surface area contributed by atoms with Crippen LogP contribution in [0.1, 0.15) is 32.6 Å². The first-order chi connectivity index (χ1) is 19.4. The van der Waals surface area contributed by atoms with Crippen molar-refractivity contribution in [2.45, 2.75) is 24.8 Å². The van der Waals surface area contributed by atoms with E-state index in [9.17, 15) is 13.2 Å². The second-order valence-corrected chi connectivity index (χ2v) is 12.6. The second kappa shape index (κ2) is 10.8. The number of thiazole rings is 1. The van der Waals surface area contributed by atoms with Gasteiger partial charge in [-0.25, -0.2) is 13.4 Å². The fourth-order valence-electron chi connectivity index (χ4n) is 4.68. The average molecular weight is 567 g/mol. The van der Waals surface area contributed by atoms with E-state index in [0.717, 1.165) is 26.9 Å². The quantitative estimate of drug-likeness (QED) is 0.186. The molecule has 0 saturated carbocycles.